The molecule has 0 fully saturated rings. The molecule has 43 heavy (non-hydrogen) atoms. The molecule has 0 aromatic heterocycles. The third-order valence-corrected chi connectivity index (χ3v) is 8.24. The molecule has 0 radical (unpaired) electrons. The molecule has 252 valence electrons. The van der Waals surface area contributed by atoms with E-state index in [1.807, 2.05) is 0 Å². The molecule has 0 rings (SSSR count). The van der Waals surface area contributed by atoms with Gasteiger partial charge in [0.2, 0.25) is 11.8 Å². The number of unbranched alkanes of at least 4 members (excludes halogenated alkanes) is 20. The third kappa shape index (κ3) is 24.0. The first kappa shape index (κ1) is 40.9. The van der Waals surface area contributed by atoms with E-state index in [-0.39, 0.29) is 37.0 Å². The summed E-state index contributed by atoms with van der Waals surface area (Å²) in [4.78, 5) is 44.7. The average Bonchev–Trinajstić information content (AvgIpc) is 2.99. The predicted molar refractivity (Wildman–Crippen MR) is 180 cm³/mol. The Morgan fingerprint density at radius 3 is 1.26 bits per heavy atom. The lowest BCUT2D eigenvalue weighted by Gasteiger charge is -2.28. The zero-order valence-electron chi connectivity index (χ0n) is 28.4. The van der Waals surface area contributed by atoms with E-state index >= 15 is 0 Å². The first-order valence-corrected chi connectivity index (χ1v) is 17.9. The van der Waals surface area contributed by atoms with Gasteiger partial charge in [0.1, 0.15) is 6.04 Å². The summed E-state index contributed by atoms with van der Waals surface area (Å²) in [6.07, 6.45) is 27.4. The molecule has 0 aliphatic heterocycles. The molecule has 2 amide bonds. The highest BCUT2D eigenvalue weighted by Crippen LogP contribution is 2.19. The molecule has 8 nitrogen and oxygen atoms in total. The van der Waals surface area contributed by atoms with Gasteiger partial charge in [-0.3, -0.25) is 19.5 Å². The van der Waals surface area contributed by atoms with Crippen LogP contribution in [0.5, 0.6) is 0 Å². The van der Waals surface area contributed by atoms with Gasteiger partial charge in [-0.15, -0.1) is 0 Å². The number of esters is 1. The van der Waals surface area contributed by atoms with Gasteiger partial charge in [0.25, 0.3) is 0 Å². The van der Waals surface area contributed by atoms with Crippen LogP contribution in [0.15, 0.2) is 4.99 Å². The zero-order chi connectivity index (χ0) is 32.0. The molecule has 0 aliphatic rings. The normalized spacial score (nSPS) is 11.7. The Morgan fingerprint density at radius 1 is 0.581 bits per heavy atom. The highest BCUT2D eigenvalue weighted by Gasteiger charge is 2.34. The van der Waals surface area contributed by atoms with Gasteiger partial charge in [-0.1, -0.05) is 142 Å². The Kier molecular flexibility index (Phi) is 28.5. The van der Waals surface area contributed by atoms with Crippen molar-refractivity contribution in [1.29, 1.82) is 0 Å². The Morgan fingerprint density at radius 2 is 0.930 bits per heavy atom. The highest BCUT2D eigenvalue weighted by atomic mass is 16.5. The quantitative estimate of drug-likeness (QED) is 0.0365. The molecule has 0 bridgehead atoms. The Hall–Kier alpha value is -2.12. The van der Waals surface area contributed by atoms with E-state index < -0.39 is 12.0 Å². The smallest absolute Gasteiger partial charge is 0.329 e. The van der Waals surface area contributed by atoms with Gasteiger partial charge in [0, 0.05) is 19.4 Å². The fraction of sp³-hybridized carbons (Fsp3) is 0.886. The summed E-state index contributed by atoms with van der Waals surface area (Å²) in [5.74, 6) is -1.14. The van der Waals surface area contributed by atoms with Crippen LogP contribution in [0.3, 0.4) is 0 Å². The van der Waals surface area contributed by atoms with Crippen LogP contribution in [0, 0.1) is 0 Å². The van der Waals surface area contributed by atoms with E-state index in [0.717, 1.165) is 38.5 Å². The monoisotopic (exact) mass is 609 g/mol. The van der Waals surface area contributed by atoms with Crippen molar-refractivity contribution in [2.75, 3.05) is 13.7 Å². The Labute approximate surface area is 264 Å². The van der Waals surface area contributed by atoms with Crippen LogP contribution in [-0.2, 0) is 19.1 Å². The van der Waals surface area contributed by atoms with E-state index in [2.05, 4.69) is 18.8 Å². The van der Waals surface area contributed by atoms with E-state index in [0.29, 0.717) is 13.0 Å². The number of aliphatic imine (C=N–C) groups is 1. The van der Waals surface area contributed by atoms with E-state index in [9.17, 15) is 14.4 Å². The molecule has 1 atom stereocenters. The van der Waals surface area contributed by atoms with Crippen LogP contribution in [-0.4, -0.2) is 48.3 Å². The van der Waals surface area contributed by atoms with Gasteiger partial charge in [-0.25, -0.2) is 4.79 Å². The number of carbonyl (C=O) groups excluding carboxylic acids is 3. The fourth-order valence-corrected chi connectivity index (χ4v) is 5.59. The van der Waals surface area contributed by atoms with E-state index in [1.165, 1.54) is 115 Å². The van der Waals surface area contributed by atoms with Crippen LogP contribution in [0.1, 0.15) is 181 Å². The molecule has 0 saturated carbocycles. The van der Waals surface area contributed by atoms with Crippen molar-refractivity contribution in [3.63, 3.8) is 0 Å². The van der Waals surface area contributed by atoms with Gasteiger partial charge in [-0.05, 0) is 25.7 Å². The zero-order valence-corrected chi connectivity index (χ0v) is 28.4. The number of hydrogen-bond donors (Lipinski definition) is 2. The minimum Gasteiger partial charge on any atom is -0.467 e. The van der Waals surface area contributed by atoms with E-state index in [4.69, 9.17) is 16.2 Å². The van der Waals surface area contributed by atoms with Crippen molar-refractivity contribution in [2.45, 2.75) is 187 Å². The second-order valence-electron chi connectivity index (χ2n) is 12.2. The van der Waals surface area contributed by atoms with Gasteiger partial charge < -0.3 is 16.2 Å². The summed E-state index contributed by atoms with van der Waals surface area (Å²) in [5, 5.41) is 0. The summed E-state index contributed by atoms with van der Waals surface area (Å²) in [6.45, 7) is 4.80. The van der Waals surface area contributed by atoms with Gasteiger partial charge in [0.15, 0.2) is 5.96 Å². The number of ether oxygens (including phenoxy) is 1. The van der Waals surface area contributed by atoms with Crippen molar-refractivity contribution in [3.8, 4) is 0 Å². The summed E-state index contributed by atoms with van der Waals surface area (Å²) in [5.41, 5.74) is 10.9. The Balaban J connectivity index is 4.78. The number of rotatable bonds is 30. The van der Waals surface area contributed by atoms with Gasteiger partial charge >= 0.3 is 5.97 Å². The SMILES string of the molecule is CCCCCCCCCCCCCC(=O)N(C(=O)CCCCCCCCCCCCC)[C@@H](CCCN=C(N)N)C(=O)OC. The molecule has 0 unspecified atom stereocenters. The van der Waals surface area contributed by atoms with Crippen LogP contribution in [0.2, 0.25) is 0 Å². The van der Waals surface area contributed by atoms with Crippen LogP contribution >= 0.6 is 0 Å². The number of nitrogens with zero attached hydrogens (tertiary/aromatic N) is 2. The van der Waals surface area contributed by atoms with Crippen molar-refractivity contribution in [2.24, 2.45) is 16.5 Å². The van der Waals surface area contributed by atoms with Gasteiger partial charge in [-0.2, -0.15) is 0 Å². The summed E-state index contributed by atoms with van der Waals surface area (Å²) < 4.78 is 5.02. The maximum atomic E-state index is 13.4. The standard InChI is InChI=1S/C35H68N4O4/c1-4-6-8-10-12-14-16-18-20-22-24-28-32(40)39(31(34(42)43-3)27-26-30-38-35(36)37)33(41)29-25-23-21-19-17-15-13-11-9-7-5-2/h31H,4-30H2,1-3H3,(H4,36,37,38)/t31-/m0/s1. The minimum absolute atomic E-state index is 0.0217. The lowest BCUT2D eigenvalue weighted by atomic mass is 10.0. The minimum atomic E-state index is -0.945. The number of carbonyl (C=O) groups is 3. The number of guanidine groups is 1. The molecule has 0 aromatic carbocycles. The molecule has 0 aromatic rings. The lowest BCUT2D eigenvalue weighted by molar-refractivity contribution is -0.160. The highest BCUT2D eigenvalue weighted by molar-refractivity contribution is 5.99. The molecular formula is C35H68N4O4. The molecule has 0 aliphatic carbocycles. The summed E-state index contributed by atoms with van der Waals surface area (Å²) >= 11 is 0. The number of amides is 2. The molecule has 8 heteroatoms. The molecular weight excluding hydrogens is 540 g/mol. The molecule has 4 N–H and O–H groups in total. The number of nitrogens with two attached hydrogens (primary N) is 2. The molecule has 0 heterocycles. The fourth-order valence-electron chi connectivity index (χ4n) is 5.59. The van der Waals surface area contributed by atoms with Crippen LogP contribution < -0.4 is 11.5 Å². The molecule has 0 saturated heterocycles. The van der Waals surface area contributed by atoms with Crippen molar-refractivity contribution >= 4 is 23.7 Å². The third-order valence-electron chi connectivity index (χ3n) is 8.24. The summed E-state index contributed by atoms with van der Waals surface area (Å²) in [6, 6.07) is -0.945. The van der Waals surface area contributed by atoms with Crippen molar-refractivity contribution in [1.82, 2.24) is 4.90 Å². The summed E-state index contributed by atoms with van der Waals surface area (Å²) in [7, 11) is 1.30. The van der Waals surface area contributed by atoms with Crippen molar-refractivity contribution in [3.05, 3.63) is 0 Å². The van der Waals surface area contributed by atoms with E-state index in [1.54, 1.807) is 0 Å². The van der Waals surface area contributed by atoms with Gasteiger partial charge in [0.05, 0.1) is 7.11 Å². The Bertz CT molecular complexity index is 687. The second kappa shape index (κ2) is 29.9. The number of hydrogen-bond acceptors (Lipinski definition) is 5. The number of methoxy groups -OCH3 is 1. The average molecular weight is 609 g/mol. The first-order chi connectivity index (χ1) is 20.9. The van der Waals surface area contributed by atoms with Crippen LogP contribution in [0.4, 0.5) is 0 Å². The lowest BCUT2D eigenvalue weighted by Crippen LogP contribution is -2.49. The topological polar surface area (TPSA) is 128 Å². The maximum absolute atomic E-state index is 13.4. The van der Waals surface area contributed by atoms with Crippen molar-refractivity contribution < 1.29 is 19.1 Å². The van der Waals surface area contributed by atoms with Crippen LogP contribution in [0.25, 0.3) is 0 Å². The first-order valence-electron chi connectivity index (χ1n) is 17.9. The maximum Gasteiger partial charge on any atom is 0.329 e. The largest absolute Gasteiger partial charge is 0.467 e. The number of imide groups is 1. The second-order valence-corrected chi connectivity index (χ2v) is 12.2. The predicted octanol–water partition coefficient (Wildman–Crippen LogP) is 8.34. The molecule has 0 spiro atoms.